The Balaban J connectivity index is 1.06. The van der Waals surface area contributed by atoms with Gasteiger partial charge < -0.3 is 28.6 Å². The zero-order valence-corrected chi connectivity index (χ0v) is 25.7. The Morgan fingerprint density at radius 3 is 2.29 bits per heavy atom. The van der Waals surface area contributed by atoms with E-state index in [1.54, 1.807) is 4.90 Å². The summed E-state index contributed by atoms with van der Waals surface area (Å²) < 4.78 is 30.2. The number of amides is 1. The summed E-state index contributed by atoms with van der Waals surface area (Å²) in [5.41, 5.74) is 12.2. The third kappa shape index (κ3) is 9.29. The van der Waals surface area contributed by atoms with Crippen molar-refractivity contribution >= 4 is 6.09 Å². The Kier molecular flexibility index (Phi) is 12.2. The fraction of sp³-hybridized carbons (Fsp3) is 0.457. The third-order valence-corrected chi connectivity index (χ3v) is 8.24. The first-order valence-electron chi connectivity index (χ1n) is 15.7. The van der Waals surface area contributed by atoms with Gasteiger partial charge in [0.15, 0.2) is 12.6 Å². The zero-order valence-electron chi connectivity index (χ0n) is 25.7. The van der Waals surface area contributed by atoms with E-state index >= 15 is 0 Å². The summed E-state index contributed by atoms with van der Waals surface area (Å²) in [6.07, 6.45) is 1.43. The second kappa shape index (κ2) is 17.0. The number of hydrogen-bond donors (Lipinski definition) is 0. The van der Waals surface area contributed by atoms with Crippen LogP contribution in [0.2, 0.25) is 0 Å². The molecule has 3 aromatic carbocycles. The van der Waals surface area contributed by atoms with Crippen LogP contribution in [0.15, 0.2) is 96.1 Å². The van der Waals surface area contributed by atoms with Gasteiger partial charge in [0.2, 0.25) is 0 Å². The smallest absolute Gasteiger partial charge is 0.410 e. The van der Waals surface area contributed by atoms with Gasteiger partial charge >= 0.3 is 6.09 Å². The topological polar surface area (TPSA) is 115 Å². The Morgan fingerprint density at radius 2 is 1.58 bits per heavy atom. The lowest BCUT2D eigenvalue weighted by molar-refractivity contribution is -0.333. The molecule has 2 heterocycles. The van der Waals surface area contributed by atoms with Crippen LogP contribution in [0.3, 0.4) is 0 Å². The summed E-state index contributed by atoms with van der Waals surface area (Å²) in [6, 6.07) is 28.9. The highest BCUT2D eigenvalue weighted by Crippen LogP contribution is 2.38. The Labute approximate surface area is 264 Å². The molecule has 2 fully saturated rings. The van der Waals surface area contributed by atoms with Crippen LogP contribution in [0.4, 0.5) is 4.79 Å². The molecule has 2 saturated heterocycles. The van der Waals surface area contributed by atoms with Crippen molar-refractivity contribution in [3.05, 3.63) is 118 Å². The first-order valence-corrected chi connectivity index (χ1v) is 15.7. The molecule has 238 valence electrons. The summed E-state index contributed by atoms with van der Waals surface area (Å²) in [6.45, 7) is 4.18. The molecule has 45 heavy (non-hydrogen) atoms. The Bertz CT molecular complexity index is 1360. The molecule has 0 spiro atoms. The van der Waals surface area contributed by atoms with Crippen molar-refractivity contribution in [1.29, 1.82) is 0 Å². The Hall–Kier alpha value is -3.92. The number of carbonyl (C=O) groups is 1. The maximum Gasteiger partial charge on any atom is 0.410 e. The Morgan fingerprint density at radius 1 is 0.911 bits per heavy atom. The van der Waals surface area contributed by atoms with Gasteiger partial charge in [-0.1, -0.05) is 116 Å². The van der Waals surface area contributed by atoms with E-state index in [0.29, 0.717) is 26.3 Å². The highest BCUT2D eigenvalue weighted by atomic mass is 16.7. The summed E-state index contributed by atoms with van der Waals surface area (Å²) >= 11 is 0. The minimum Gasteiger partial charge on any atom is -0.445 e. The van der Waals surface area contributed by atoms with E-state index in [9.17, 15) is 10.3 Å². The number of carbonyl (C=O) groups excluding carboxylic acids is 1. The predicted molar refractivity (Wildman–Crippen MR) is 169 cm³/mol. The lowest BCUT2D eigenvalue weighted by Gasteiger charge is -2.47. The average Bonchev–Trinajstić information content (AvgIpc) is 3.09. The molecular weight excluding hydrogens is 572 g/mol. The molecule has 0 N–H and O–H groups in total. The van der Waals surface area contributed by atoms with Crippen LogP contribution in [-0.4, -0.2) is 55.3 Å². The van der Waals surface area contributed by atoms with E-state index in [1.165, 1.54) is 0 Å². The van der Waals surface area contributed by atoms with E-state index in [-0.39, 0.29) is 30.8 Å². The highest BCUT2D eigenvalue weighted by Gasteiger charge is 2.48. The number of rotatable bonds is 14. The first-order chi connectivity index (χ1) is 22.1. The van der Waals surface area contributed by atoms with Crippen LogP contribution in [0.5, 0.6) is 0 Å². The standard InChI is InChI=1S/C35H42N4O6/c1-26-31(37-38-36)34(44-30-25-42-33(45-32(26)30)29-19-11-6-12-20-29)41-22-14-3-2-13-21-39(23-27-15-7-4-8-16-27)35(40)43-24-28-17-9-5-10-18-28/h4-12,15-20,26,30-34H,2-3,13-14,21-25H2,1H3/t26-,30?,31?,32-,33?,34-/m1/s1. The van der Waals surface area contributed by atoms with Crippen LogP contribution >= 0.6 is 0 Å². The summed E-state index contributed by atoms with van der Waals surface area (Å²) in [4.78, 5) is 17.8. The molecule has 0 saturated carbocycles. The van der Waals surface area contributed by atoms with E-state index in [2.05, 4.69) is 10.0 Å². The van der Waals surface area contributed by atoms with Gasteiger partial charge in [-0.3, -0.25) is 0 Å². The van der Waals surface area contributed by atoms with Crippen LogP contribution in [0.25, 0.3) is 10.4 Å². The van der Waals surface area contributed by atoms with E-state index < -0.39 is 18.6 Å². The minimum atomic E-state index is -0.668. The van der Waals surface area contributed by atoms with Crippen molar-refractivity contribution in [2.45, 2.75) is 76.6 Å². The quantitative estimate of drug-likeness (QED) is 0.0801. The van der Waals surface area contributed by atoms with Crippen molar-refractivity contribution in [3.63, 3.8) is 0 Å². The molecule has 0 radical (unpaired) electrons. The van der Waals surface area contributed by atoms with Gasteiger partial charge in [-0.05, 0) is 35.4 Å². The van der Waals surface area contributed by atoms with Crippen LogP contribution in [-0.2, 0) is 36.8 Å². The molecule has 5 rings (SSSR count). The lowest BCUT2D eigenvalue weighted by atomic mass is 9.88. The number of unbranched alkanes of at least 4 members (excludes halogenated alkanes) is 3. The van der Waals surface area contributed by atoms with E-state index in [1.807, 2.05) is 97.9 Å². The molecule has 2 aliphatic rings. The maximum atomic E-state index is 13.0. The van der Waals surface area contributed by atoms with Crippen molar-refractivity contribution < 1.29 is 28.5 Å². The van der Waals surface area contributed by atoms with Gasteiger partial charge in [-0.25, -0.2) is 4.79 Å². The fourth-order valence-corrected chi connectivity index (χ4v) is 5.77. The summed E-state index contributed by atoms with van der Waals surface area (Å²) in [5.74, 6) is -0.114. The molecule has 0 aliphatic carbocycles. The van der Waals surface area contributed by atoms with Crippen molar-refractivity contribution in [1.82, 2.24) is 4.90 Å². The SMILES string of the molecule is C[C@@H]1C(N=[N+]=[N-])[C@H](OCCCCCCN(Cc2ccccc2)C(=O)OCc2ccccc2)OC2COC(c3ccccc3)O[C@@H]21. The molecule has 10 heteroatoms. The van der Waals surface area contributed by atoms with Crippen LogP contribution in [0.1, 0.15) is 55.6 Å². The second-order valence-electron chi connectivity index (χ2n) is 11.5. The molecule has 2 aliphatic heterocycles. The summed E-state index contributed by atoms with van der Waals surface area (Å²) in [5, 5.41) is 4.03. The number of azide groups is 1. The normalized spacial score (nSPS) is 24.2. The number of benzene rings is 3. The summed E-state index contributed by atoms with van der Waals surface area (Å²) in [7, 11) is 0. The van der Waals surface area contributed by atoms with Gasteiger partial charge in [0.1, 0.15) is 12.7 Å². The van der Waals surface area contributed by atoms with Gasteiger partial charge in [0, 0.05) is 30.2 Å². The highest BCUT2D eigenvalue weighted by molar-refractivity contribution is 5.67. The van der Waals surface area contributed by atoms with Gasteiger partial charge in [-0.15, -0.1) is 0 Å². The average molecular weight is 615 g/mol. The molecule has 3 unspecified atom stereocenters. The van der Waals surface area contributed by atoms with Crippen LogP contribution in [0, 0.1) is 5.92 Å². The third-order valence-electron chi connectivity index (χ3n) is 8.24. The van der Waals surface area contributed by atoms with E-state index in [4.69, 9.17) is 23.7 Å². The van der Waals surface area contributed by atoms with Gasteiger partial charge in [-0.2, -0.15) is 0 Å². The molecule has 6 atom stereocenters. The van der Waals surface area contributed by atoms with Gasteiger partial charge in [0.05, 0.1) is 18.8 Å². The zero-order chi connectivity index (χ0) is 31.3. The molecule has 0 aromatic heterocycles. The van der Waals surface area contributed by atoms with Crippen LogP contribution < -0.4 is 0 Å². The van der Waals surface area contributed by atoms with Crippen molar-refractivity contribution in [3.8, 4) is 0 Å². The number of nitrogens with zero attached hydrogens (tertiary/aromatic N) is 4. The van der Waals surface area contributed by atoms with Gasteiger partial charge in [0.25, 0.3) is 0 Å². The predicted octanol–water partition coefficient (Wildman–Crippen LogP) is 7.56. The first kappa shape index (κ1) is 32.5. The van der Waals surface area contributed by atoms with E-state index in [0.717, 1.165) is 42.4 Å². The van der Waals surface area contributed by atoms with Crippen molar-refractivity contribution in [2.24, 2.45) is 11.0 Å². The number of ether oxygens (including phenoxy) is 5. The molecule has 10 nitrogen and oxygen atoms in total. The molecule has 3 aromatic rings. The molecular formula is C35H42N4O6. The fourth-order valence-electron chi connectivity index (χ4n) is 5.77. The number of hydrogen-bond acceptors (Lipinski definition) is 7. The largest absolute Gasteiger partial charge is 0.445 e. The molecule has 0 bridgehead atoms. The lowest BCUT2D eigenvalue weighted by Crippen LogP contribution is -2.58. The minimum absolute atomic E-state index is 0.114. The van der Waals surface area contributed by atoms with Crippen molar-refractivity contribution in [2.75, 3.05) is 19.8 Å². The monoisotopic (exact) mass is 614 g/mol. The second-order valence-corrected chi connectivity index (χ2v) is 11.5. The molecule has 1 amide bonds. The number of fused-ring (bicyclic) bond motifs is 1. The maximum absolute atomic E-state index is 13.0.